The lowest BCUT2D eigenvalue weighted by Gasteiger charge is -2.18. The Morgan fingerprint density at radius 3 is 2.20 bits per heavy atom. The van der Waals surface area contributed by atoms with E-state index >= 15 is 0 Å². The maximum atomic E-state index is 12.9. The number of carboxylic acids is 1. The summed E-state index contributed by atoms with van der Waals surface area (Å²) in [5, 5.41) is 19.1. The summed E-state index contributed by atoms with van der Waals surface area (Å²) >= 11 is 0. The number of alkyl halides is 1. The summed E-state index contributed by atoms with van der Waals surface area (Å²) in [7, 11) is 0. The molecule has 3 aromatic rings. The van der Waals surface area contributed by atoms with Crippen molar-refractivity contribution in [1.29, 1.82) is 5.26 Å². The van der Waals surface area contributed by atoms with Gasteiger partial charge in [0, 0.05) is 0 Å². The van der Waals surface area contributed by atoms with Gasteiger partial charge in [-0.25, -0.2) is 4.39 Å². The molecule has 0 amide bonds. The van der Waals surface area contributed by atoms with Crippen molar-refractivity contribution in [2.75, 3.05) is 0 Å². The third-order valence-electron chi connectivity index (χ3n) is 5.13. The molecule has 0 aliphatic rings. The molecule has 1 unspecified atom stereocenters. The van der Waals surface area contributed by atoms with Gasteiger partial charge in [-0.05, 0) is 63.9 Å². The van der Waals surface area contributed by atoms with Gasteiger partial charge in [-0.2, -0.15) is 5.26 Å². The van der Waals surface area contributed by atoms with Crippen molar-refractivity contribution in [3.63, 3.8) is 0 Å². The third kappa shape index (κ3) is 4.93. The van der Waals surface area contributed by atoms with Crippen LogP contribution in [0.1, 0.15) is 42.9 Å². The van der Waals surface area contributed by atoms with Gasteiger partial charge < -0.3 is 5.11 Å². The lowest BCUT2D eigenvalue weighted by atomic mass is 9.86. The van der Waals surface area contributed by atoms with E-state index in [1.807, 2.05) is 56.3 Å². The molecule has 0 aromatic heterocycles. The summed E-state index contributed by atoms with van der Waals surface area (Å²) in [5.74, 6) is -1.26. The fourth-order valence-electron chi connectivity index (χ4n) is 3.59. The molecule has 3 nitrogen and oxygen atoms in total. The number of benzene rings is 3. The van der Waals surface area contributed by atoms with E-state index in [1.54, 1.807) is 24.3 Å². The molecule has 0 saturated carbocycles. The van der Waals surface area contributed by atoms with Crippen molar-refractivity contribution >= 4 is 5.97 Å². The highest BCUT2D eigenvalue weighted by Crippen LogP contribution is 2.34. The molecule has 0 bridgehead atoms. The molecular formula is C26H24FNO2. The molecule has 3 rings (SSSR count). The van der Waals surface area contributed by atoms with Crippen molar-refractivity contribution in [3.05, 3.63) is 83.4 Å². The molecular weight excluding hydrogens is 377 g/mol. The van der Waals surface area contributed by atoms with Crippen LogP contribution in [0.25, 0.3) is 22.3 Å². The molecule has 30 heavy (non-hydrogen) atoms. The highest BCUT2D eigenvalue weighted by Gasteiger charge is 2.22. The molecule has 1 N–H and O–H groups in total. The molecule has 0 saturated heterocycles. The number of carboxylic acid groups (broad SMARTS) is 1. The van der Waals surface area contributed by atoms with Crippen LogP contribution in [0.5, 0.6) is 0 Å². The number of carbonyl (C=O) groups is 1. The third-order valence-corrected chi connectivity index (χ3v) is 5.13. The van der Waals surface area contributed by atoms with Gasteiger partial charge in [0.15, 0.2) is 0 Å². The number of nitrogens with zero attached hydrogens (tertiary/aromatic N) is 1. The van der Waals surface area contributed by atoms with Crippen LogP contribution in [-0.4, -0.2) is 11.1 Å². The van der Waals surface area contributed by atoms with E-state index in [2.05, 4.69) is 6.07 Å². The quantitative estimate of drug-likeness (QED) is 0.487. The van der Waals surface area contributed by atoms with E-state index in [0.29, 0.717) is 17.5 Å². The van der Waals surface area contributed by atoms with E-state index in [4.69, 9.17) is 0 Å². The minimum atomic E-state index is -0.856. The van der Waals surface area contributed by atoms with Crippen LogP contribution in [0.3, 0.4) is 0 Å². The predicted octanol–water partition coefficient (Wildman–Crippen LogP) is 6.58. The molecule has 4 heteroatoms. The molecule has 3 aromatic carbocycles. The van der Waals surface area contributed by atoms with Crippen LogP contribution < -0.4 is 0 Å². The van der Waals surface area contributed by atoms with Gasteiger partial charge in [-0.3, -0.25) is 4.79 Å². The number of hydrogen-bond donors (Lipinski definition) is 1. The minimum Gasteiger partial charge on any atom is -0.481 e. The van der Waals surface area contributed by atoms with Crippen LogP contribution in [0.2, 0.25) is 0 Å². The largest absolute Gasteiger partial charge is 0.481 e. The average Bonchev–Trinajstić information content (AvgIpc) is 2.77. The Morgan fingerprint density at radius 2 is 1.63 bits per heavy atom. The second-order valence-electron chi connectivity index (χ2n) is 7.89. The fraction of sp³-hybridized carbons (Fsp3) is 0.231. The number of nitriles is 1. The first-order valence-corrected chi connectivity index (χ1v) is 9.95. The van der Waals surface area contributed by atoms with Gasteiger partial charge in [0.2, 0.25) is 0 Å². The molecule has 0 fully saturated rings. The lowest BCUT2D eigenvalue weighted by Crippen LogP contribution is -2.14. The lowest BCUT2D eigenvalue weighted by molar-refractivity contribution is -0.139. The normalized spacial score (nSPS) is 11.8. The Hall–Kier alpha value is -3.45. The Morgan fingerprint density at radius 1 is 0.967 bits per heavy atom. The SMILES string of the molecule is CC(C)CC(C(=O)O)c1cc(-c2ccc(CF)cc2)cc(-c2cccc(C#N)c2)c1. The summed E-state index contributed by atoms with van der Waals surface area (Å²) in [6, 6.07) is 22.4. The molecule has 1 atom stereocenters. The summed E-state index contributed by atoms with van der Waals surface area (Å²) < 4.78 is 12.9. The zero-order valence-electron chi connectivity index (χ0n) is 17.1. The summed E-state index contributed by atoms with van der Waals surface area (Å²) in [4.78, 5) is 12.0. The van der Waals surface area contributed by atoms with Crippen LogP contribution in [0.15, 0.2) is 66.7 Å². The van der Waals surface area contributed by atoms with E-state index in [-0.39, 0.29) is 5.92 Å². The first-order chi connectivity index (χ1) is 14.4. The first kappa shape index (κ1) is 21.3. The topological polar surface area (TPSA) is 61.1 Å². The summed E-state index contributed by atoms with van der Waals surface area (Å²) in [6.07, 6.45) is 0.525. The maximum absolute atomic E-state index is 12.9. The predicted molar refractivity (Wildman–Crippen MR) is 117 cm³/mol. The molecule has 0 aliphatic heterocycles. The second-order valence-corrected chi connectivity index (χ2v) is 7.89. The number of halogens is 1. The van der Waals surface area contributed by atoms with E-state index in [0.717, 1.165) is 27.8 Å². The number of aliphatic carboxylic acids is 1. The van der Waals surface area contributed by atoms with Gasteiger partial charge in [0.1, 0.15) is 6.67 Å². The highest BCUT2D eigenvalue weighted by atomic mass is 19.1. The molecule has 0 heterocycles. The van der Waals surface area contributed by atoms with Gasteiger partial charge in [-0.15, -0.1) is 0 Å². The maximum Gasteiger partial charge on any atom is 0.310 e. The Kier molecular flexibility index (Phi) is 6.64. The van der Waals surface area contributed by atoms with Crippen molar-refractivity contribution in [1.82, 2.24) is 0 Å². The van der Waals surface area contributed by atoms with E-state index in [9.17, 15) is 19.6 Å². The first-order valence-electron chi connectivity index (χ1n) is 9.95. The Balaban J connectivity index is 2.18. The van der Waals surface area contributed by atoms with Crippen molar-refractivity contribution in [3.8, 4) is 28.3 Å². The Labute approximate surface area is 176 Å². The van der Waals surface area contributed by atoms with Gasteiger partial charge >= 0.3 is 5.97 Å². The van der Waals surface area contributed by atoms with Crippen molar-refractivity contribution < 1.29 is 14.3 Å². The molecule has 152 valence electrons. The zero-order chi connectivity index (χ0) is 21.7. The van der Waals surface area contributed by atoms with Crippen molar-refractivity contribution in [2.45, 2.75) is 32.9 Å². The smallest absolute Gasteiger partial charge is 0.310 e. The van der Waals surface area contributed by atoms with Gasteiger partial charge in [0.05, 0.1) is 17.6 Å². The van der Waals surface area contributed by atoms with Crippen molar-refractivity contribution in [2.24, 2.45) is 5.92 Å². The minimum absolute atomic E-state index is 0.226. The standard InChI is InChI=1S/C26H24FNO2/c1-17(2)10-25(26(29)30)24-13-22(20-8-6-18(15-27)7-9-20)12-23(14-24)21-5-3-4-19(11-21)16-28/h3-9,11-14,17,25H,10,15H2,1-2H3,(H,29,30). The van der Waals surface area contributed by atoms with Gasteiger partial charge in [0.25, 0.3) is 0 Å². The van der Waals surface area contributed by atoms with E-state index < -0.39 is 18.6 Å². The monoisotopic (exact) mass is 401 g/mol. The number of rotatable bonds is 7. The summed E-state index contributed by atoms with van der Waals surface area (Å²) in [6.45, 7) is 3.49. The number of hydrogen-bond acceptors (Lipinski definition) is 2. The van der Waals surface area contributed by atoms with Crippen LogP contribution in [0.4, 0.5) is 4.39 Å². The van der Waals surface area contributed by atoms with Crippen LogP contribution in [-0.2, 0) is 11.5 Å². The Bertz CT molecular complexity index is 1080. The zero-order valence-corrected chi connectivity index (χ0v) is 17.1. The molecule has 0 spiro atoms. The summed E-state index contributed by atoms with van der Waals surface area (Å²) in [5.41, 5.74) is 5.32. The highest BCUT2D eigenvalue weighted by molar-refractivity contribution is 5.80. The second kappa shape index (κ2) is 9.37. The van der Waals surface area contributed by atoms with Gasteiger partial charge in [-0.1, -0.05) is 62.4 Å². The fourth-order valence-corrected chi connectivity index (χ4v) is 3.59. The molecule has 0 radical (unpaired) electrons. The average molecular weight is 401 g/mol. The van der Waals surface area contributed by atoms with Crippen LogP contribution in [0, 0.1) is 17.2 Å². The molecule has 0 aliphatic carbocycles. The van der Waals surface area contributed by atoms with E-state index in [1.165, 1.54) is 0 Å². The van der Waals surface area contributed by atoms with Crippen LogP contribution >= 0.6 is 0 Å².